The summed E-state index contributed by atoms with van der Waals surface area (Å²) in [6.45, 7) is 1.97. The zero-order valence-corrected chi connectivity index (χ0v) is 13.0. The number of hydrogen-bond acceptors (Lipinski definition) is 3. The molecule has 1 amide bonds. The number of methoxy groups -OCH3 is 1. The Bertz CT molecular complexity index is 826. The van der Waals surface area contributed by atoms with Gasteiger partial charge in [-0.25, -0.2) is 4.68 Å². The highest BCUT2D eigenvalue weighted by Crippen LogP contribution is 2.26. The van der Waals surface area contributed by atoms with E-state index in [1.54, 1.807) is 30.3 Å². The second kappa shape index (κ2) is 6.36. The number of nitrogens with zero attached hydrogens (tertiary/aromatic N) is 2. The van der Waals surface area contributed by atoms with E-state index in [0.717, 1.165) is 11.3 Å². The molecule has 3 rings (SSSR count). The number of rotatable bonds is 4. The van der Waals surface area contributed by atoms with Gasteiger partial charge in [-0.2, -0.15) is 5.10 Å². The fraction of sp³-hybridized carbons (Fsp3) is 0.111. The fourth-order valence-corrected chi connectivity index (χ4v) is 2.37. The SMILES string of the molecule is COc1cc(C)ccc1NC(=O)c1ccccc1-n1cccn1. The molecule has 0 aliphatic carbocycles. The third-order valence-electron chi connectivity index (χ3n) is 3.51. The van der Waals surface area contributed by atoms with E-state index in [4.69, 9.17) is 4.74 Å². The van der Waals surface area contributed by atoms with Crippen molar-refractivity contribution in [1.82, 2.24) is 9.78 Å². The Hall–Kier alpha value is -3.08. The van der Waals surface area contributed by atoms with E-state index in [0.29, 0.717) is 17.0 Å². The lowest BCUT2D eigenvalue weighted by Gasteiger charge is -2.13. The monoisotopic (exact) mass is 307 g/mol. The largest absolute Gasteiger partial charge is 0.495 e. The number of carbonyl (C=O) groups is 1. The first kappa shape index (κ1) is 14.8. The van der Waals surface area contributed by atoms with Crippen LogP contribution >= 0.6 is 0 Å². The zero-order chi connectivity index (χ0) is 16.2. The molecule has 0 saturated heterocycles. The molecule has 0 aliphatic heterocycles. The Morgan fingerprint density at radius 1 is 1.17 bits per heavy atom. The molecule has 0 saturated carbocycles. The van der Waals surface area contributed by atoms with Crippen LogP contribution in [0.25, 0.3) is 5.69 Å². The van der Waals surface area contributed by atoms with Crippen LogP contribution in [0.4, 0.5) is 5.69 Å². The molecule has 0 bridgehead atoms. The van der Waals surface area contributed by atoms with Crippen molar-refractivity contribution in [3.05, 3.63) is 72.1 Å². The van der Waals surface area contributed by atoms with E-state index in [9.17, 15) is 4.79 Å². The smallest absolute Gasteiger partial charge is 0.257 e. The predicted molar refractivity (Wildman–Crippen MR) is 89.2 cm³/mol. The Labute approximate surface area is 134 Å². The molecule has 116 valence electrons. The van der Waals surface area contributed by atoms with Gasteiger partial charge in [0.05, 0.1) is 24.0 Å². The van der Waals surface area contributed by atoms with Gasteiger partial charge in [0.15, 0.2) is 0 Å². The summed E-state index contributed by atoms with van der Waals surface area (Å²) < 4.78 is 7.00. The van der Waals surface area contributed by atoms with Gasteiger partial charge >= 0.3 is 0 Å². The standard InChI is InChI=1S/C18H17N3O2/c1-13-8-9-15(17(12-13)23-2)20-18(22)14-6-3-4-7-16(14)21-11-5-10-19-21/h3-12H,1-2H3,(H,20,22). The summed E-state index contributed by atoms with van der Waals surface area (Å²) in [5, 5.41) is 7.10. The molecule has 3 aromatic rings. The van der Waals surface area contributed by atoms with Gasteiger partial charge in [0, 0.05) is 12.4 Å². The van der Waals surface area contributed by atoms with Crippen molar-refractivity contribution < 1.29 is 9.53 Å². The van der Waals surface area contributed by atoms with Gasteiger partial charge in [-0.05, 0) is 42.8 Å². The molecule has 0 fully saturated rings. The fourth-order valence-electron chi connectivity index (χ4n) is 2.37. The molecule has 0 aliphatic rings. The molecule has 0 unspecified atom stereocenters. The molecule has 0 spiro atoms. The predicted octanol–water partition coefficient (Wildman–Crippen LogP) is 3.44. The molecule has 5 nitrogen and oxygen atoms in total. The number of hydrogen-bond donors (Lipinski definition) is 1. The molecule has 23 heavy (non-hydrogen) atoms. The summed E-state index contributed by atoms with van der Waals surface area (Å²) in [6, 6.07) is 14.8. The summed E-state index contributed by atoms with van der Waals surface area (Å²) >= 11 is 0. The topological polar surface area (TPSA) is 56.1 Å². The molecule has 2 aromatic carbocycles. The van der Waals surface area contributed by atoms with Crippen molar-refractivity contribution in [2.24, 2.45) is 0 Å². The highest BCUT2D eigenvalue weighted by atomic mass is 16.5. The van der Waals surface area contributed by atoms with E-state index in [1.165, 1.54) is 0 Å². The minimum Gasteiger partial charge on any atom is -0.495 e. The molecule has 1 heterocycles. The second-order valence-corrected chi connectivity index (χ2v) is 5.13. The molecule has 5 heteroatoms. The number of benzene rings is 2. The van der Waals surface area contributed by atoms with Gasteiger partial charge in [0.2, 0.25) is 0 Å². The van der Waals surface area contributed by atoms with Gasteiger partial charge < -0.3 is 10.1 Å². The van der Waals surface area contributed by atoms with Gasteiger partial charge in [-0.15, -0.1) is 0 Å². The van der Waals surface area contributed by atoms with Crippen molar-refractivity contribution in [2.75, 3.05) is 12.4 Å². The van der Waals surface area contributed by atoms with Crippen molar-refractivity contribution in [3.8, 4) is 11.4 Å². The molecule has 0 atom stereocenters. The lowest BCUT2D eigenvalue weighted by molar-refractivity contribution is 0.102. The van der Waals surface area contributed by atoms with Gasteiger partial charge in [-0.3, -0.25) is 4.79 Å². The Balaban J connectivity index is 1.93. The molecule has 1 aromatic heterocycles. The minimum absolute atomic E-state index is 0.210. The van der Waals surface area contributed by atoms with Crippen LogP contribution in [-0.4, -0.2) is 22.8 Å². The Morgan fingerprint density at radius 2 is 2.00 bits per heavy atom. The summed E-state index contributed by atoms with van der Waals surface area (Å²) in [5.74, 6) is 0.424. The number of anilines is 1. The van der Waals surface area contributed by atoms with E-state index < -0.39 is 0 Å². The van der Waals surface area contributed by atoms with Crippen LogP contribution in [0.15, 0.2) is 60.9 Å². The quantitative estimate of drug-likeness (QED) is 0.803. The second-order valence-electron chi connectivity index (χ2n) is 5.13. The Morgan fingerprint density at radius 3 is 2.74 bits per heavy atom. The van der Waals surface area contributed by atoms with Gasteiger partial charge in [-0.1, -0.05) is 18.2 Å². The maximum atomic E-state index is 12.7. The highest BCUT2D eigenvalue weighted by molar-refractivity contribution is 6.07. The van der Waals surface area contributed by atoms with Gasteiger partial charge in [0.1, 0.15) is 5.75 Å². The maximum absolute atomic E-state index is 12.7. The number of nitrogens with one attached hydrogen (secondary N) is 1. The van der Waals surface area contributed by atoms with Crippen LogP contribution in [0.5, 0.6) is 5.75 Å². The van der Waals surface area contributed by atoms with Crippen LogP contribution < -0.4 is 10.1 Å². The van der Waals surface area contributed by atoms with Crippen molar-refractivity contribution >= 4 is 11.6 Å². The summed E-state index contributed by atoms with van der Waals surface area (Å²) in [4.78, 5) is 12.7. The average molecular weight is 307 g/mol. The van der Waals surface area contributed by atoms with Gasteiger partial charge in [0.25, 0.3) is 5.91 Å². The third-order valence-corrected chi connectivity index (χ3v) is 3.51. The summed E-state index contributed by atoms with van der Waals surface area (Å²) in [7, 11) is 1.59. The van der Waals surface area contributed by atoms with Crippen molar-refractivity contribution in [1.29, 1.82) is 0 Å². The number of amides is 1. The van der Waals surface area contributed by atoms with Crippen LogP contribution in [0.1, 0.15) is 15.9 Å². The van der Waals surface area contributed by atoms with E-state index in [1.807, 2.05) is 49.4 Å². The third kappa shape index (κ3) is 3.08. The van der Waals surface area contributed by atoms with E-state index >= 15 is 0 Å². The normalized spacial score (nSPS) is 10.3. The van der Waals surface area contributed by atoms with Crippen LogP contribution in [0, 0.1) is 6.92 Å². The zero-order valence-electron chi connectivity index (χ0n) is 13.0. The van der Waals surface area contributed by atoms with Crippen molar-refractivity contribution in [3.63, 3.8) is 0 Å². The van der Waals surface area contributed by atoms with Crippen LogP contribution in [0.3, 0.4) is 0 Å². The first-order chi connectivity index (χ1) is 11.2. The molecular weight excluding hydrogens is 290 g/mol. The number of ether oxygens (including phenoxy) is 1. The molecule has 1 N–H and O–H groups in total. The number of aryl methyl sites for hydroxylation is 1. The first-order valence-corrected chi connectivity index (χ1v) is 7.24. The first-order valence-electron chi connectivity index (χ1n) is 7.24. The van der Waals surface area contributed by atoms with E-state index in [2.05, 4.69) is 10.4 Å². The lowest BCUT2D eigenvalue weighted by atomic mass is 10.1. The van der Waals surface area contributed by atoms with Crippen LogP contribution in [0.2, 0.25) is 0 Å². The number of aromatic nitrogens is 2. The van der Waals surface area contributed by atoms with E-state index in [-0.39, 0.29) is 5.91 Å². The van der Waals surface area contributed by atoms with Crippen molar-refractivity contribution in [2.45, 2.75) is 6.92 Å². The maximum Gasteiger partial charge on any atom is 0.257 e. The number of carbonyl (C=O) groups excluding carboxylic acids is 1. The molecular formula is C18H17N3O2. The van der Waals surface area contributed by atoms with Crippen LogP contribution in [-0.2, 0) is 0 Å². The lowest BCUT2D eigenvalue weighted by Crippen LogP contribution is -2.15. The number of para-hydroxylation sites is 1. The Kier molecular flexibility index (Phi) is 4.10. The molecule has 0 radical (unpaired) electrons. The highest BCUT2D eigenvalue weighted by Gasteiger charge is 2.14. The minimum atomic E-state index is -0.210. The summed E-state index contributed by atoms with van der Waals surface area (Å²) in [5.41, 5.74) is 2.97. The summed E-state index contributed by atoms with van der Waals surface area (Å²) in [6.07, 6.45) is 3.48. The average Bonchev–Trinajstić information content (AvgIpc) is 3.10.